The number of morpholine rings is 1. The molecule has 0 radical (unpaired) electrons. The summed E-state index contributed by atoms with van der Waals surface area (Å²) in [6.07, 6.45) is 7.98. The van der Waals surface area contributed by atoms with E-state index in [4.69, 9.17) is 48.1 Å². The molecule has 91 heavy (non-hydrogen) atoms. The van der Waals surface area contributed by atoms with E-state index in [-0.39, 0.29) is 53.9 Å². The van der Waals surface area contributed by atoms with Crippen molar-refractivity contribution in [2.45, 2.75) is 98.0 Å². The third-order valence-corrected chi connectivity index (χ3v) is 18.0. The predicted octanol–water partition coefficient (Wildman–Crippen LogP) is 12.1. The molecule has 0 bridgehead atoms. The van der Waals surface area contributed by atoms with Gasteiger partial charge in [-0.25, -0.2) is 29.0 Å². The minimum atomic E-state index is -2.03. The van der Waals surface area contributed by atoms with Gasteiger partial charge in [0.25, 0.3) is 0 Å². The van der Waals surface area contributed by atoms with Crippen LogP contribution in [0.5, 0.6) is 17.2 Å². The Morgan fingerprint density at radius 1 is 0.791 bits per heavy atom. The number of anilines is 4. The third kappa shape index (κ3) is 15.8. The van der Waals surface area contributed by atoms with Crippen LogP contribution in [0, 0.1) is 56.4 Å². The number of hydrogen-bond donors (Lipinski definition) is 4. The van der Waals surface area contributed by atoms with E-state index in [0.29, 0.717) is 107 Å². The van der Waals surface area contributed by atoms with Crippen LogP contribution in [0.2, 0.25) is 0 Å². The monoisotopic (exact) mass is 1300 g/mol. The average molecular weight is 1300 g/mol. The molecule has 2 aliphatic heterocycles. The summed E-state index contributed by atoms with van der Waals surface area (Å²) in [5.74, 6) is 2.61. The van der Waals surface area contributed by atoms with E-state index in [1.165, 1.54) is 17.8 Å². The number of nitrogens with zero attached hydrogens (tertiary/aromatic N) is 8. The number of esters is 2. The number of nitrogens with one attached hydrogen (secondary N) is 4. The molecule has 2 saturated heterocycles. The lowest BCUT2D eigenvalue weighted by Crippen LogP contribution is -2.37. The van der Waals surface area contributed by atoms with Gasteiger partial charge in [-0.15, -0.1) is 0 Å². The second-order valence-corrected chi connectivity index (χ2v) is 25.2. The number of carbonyl (C=O) groups excluding carboxylic acids is 2. The summed E-state index contributed by atoms with van der Waals surface area (Å²) in [5, 5.41) is 15.9. The van der Waals surface area contributed by atoms with Gasteiger partial charge in [0.2, 0.25) is 5.69 Å². The van der Waals surface area contributed by atoms with Crippen molar-refractivity contribution in [3.8, 4) is 46.1 Å². The molecule has 4 aromatic carbocycles. The van der Waals surface area contributed by atoms with Crippen molar-refractivity contribution in [1.29, 1.82) is 5.26 Å². The summed E-state index contributed by atoms with van der Waals surface area (Å²) in [5.41, 5.74) is 8.64. The van der Waals surface area contributed by atoms with E-state index in [1.807, 2.05) is 81.4 Å². The Hall–Kier alpha value is -8.57. The molecule has 3 fully saturated rings. The molecule has 6 heterocycles. The first kappa shape index (κ1) is 65.4. The van der Waals surface area contributed by atoms with Crippen LogP contribution in [0.1, 0.15) is 98.8 Å². The number of rotatable bonds is 23. The first-order chi connectivity index (χ1) is 44.0. The lowest BCUT2D eigenvalue weighted by atomic mass is 9.75. The molecule has 0 spiro atoms. The first-order valence-corrected chi connectivity index (χ1v) is 33.0. The second-order valence-electron chi connectivity index (χ2n) is 22.8. The zero-order chi connectivity index (χ0) is 64.3. The Balaban J connectivity index is 0.000000200. The number of H-pyrrole nitrogens is 2. The van der Waals surface area contributed by atoms with Crippen LogP contribution in [0.15, 0.2) is 90.1 Å². The normalized spacial score (nSPS) is 18.0. The zero-order valence-electron chi connectivity index (χ0n) is 52.0. The molecule has 11 rings (SSSR count). The predicted molar refractivity (Wildman–Crippen MR) is 349 cm³/mol. The summed E-state index contributed by atoms with van der Waals surface area (Å²) in [4.78, 5) is 48.0. The highest BCUT2D eigenvalue weighted by Crippen LogP contribution is 2.40. The van der Waals surface area contributed by atoms with Gasteiger partial charge in [0, 0.05) is 56.1 Å². The molecule has 27 heteroatoms. The van der Waals surface area contributed by atoms with Crippen molar-refractivity contribution in [2.24, 2.45) is 17.8 Å². The Morgan fingerprint density at radius 2 is 1.38 bits per heavy atom. The molecule has 4 N–H and O–H groups in total. The van der Waals surface area contributed by atoms with E-state index in [1.54, 1.807) is 35.8 Å². The van der Waals surface area contributed by atoms with Crippen molar-refractivity contribution < 1.29 is 54.5 Å². The van der Waals surface area contributed by atoms with Gasteiger partial charge < -0.3 is 37.1 Å². The van der Waals surface area contributed by atoms with Gasteiger partial charge in [-0.05, 0) is 149 Å². The highest BCUT2D eigenvalue weighted by atomic mass is 32.2. The smallest absolute Gasteiger partial charge is 0.343 e. The Labute approximate surface area is 537 Å². The molecule has 480 valence electrons. The fraction of sp³-hybridized carbons (Fsp3) is 0.406. The lowest BCUT2D eigenvalue weighted by molar-refractivity contribution is -0.160. The molecule has 4 unspecified atom stereocenters. The highest BCUT2D eigenvalue weighted by molar-refractivity contribution is 7.94. The molecule has 3 aliphatic rings. The van der Waals surface area contributed by atoms with Crippen LogP contribution in [0.3, 0.4) is 0 Å². The maximum atomic E-state index is 13.8. The van der Waals surface area contributed by atoms with Crippen molar-refractivity contribution in [3.63, 3.8) is 0 Å². The Kier molecular flexibility index (Phi) is 21.6. The maximum Gasteiger partial charge on any atom is 0.343 e. The summed E-state index contributed by atoms with van der Waals surface area (Å²) in [7, 11) is 1.41. The fourth-order valence-electron chi connectivity index (χ4n) is 11.7. The van der Waals surface area contributed by atoms with Crippen LogP contribution in [0.25, 0.3) is 38.9 Å². The Bertz CT molecular complexity index is 4030. The number of aromatic amines is 2. The van der Waals surface area contributed by atoms with Gasteiger partial charge >= 0.3 is 34.5 Å². The topological polar surface area (TPSA) is 267 Å². The van der Waals surface area contributed by atoms with Crippen LogP contribution in [-0.2, 0) is 50.8 Å². The maximum absolute atomic E-state index is 13.8. The van der Waals surface area contributed by atoms with Gasteiger partial charge in [0.1, 0.15) is 23.0 Å². The van der Waals surface area contributed by atoms with Gasteiger partial charge in [0.05, 0.1) is 85.9 Å². The lowest BCUT2D eigenvalue weighted by Gasteiger charge is -2.37. The molecular formula is C64H74N12O12S3. The van der Waals surface area contributed by atoms with E-state index in [0.717, 1.165) is 84.4 Å². The zero-order valence-corrected chi connectivity index (χ0v) is 54.4. The van der Waals surface area contributed by atoms with Gasteiger partial charge in [0.15, 0.2) is 34.4 Å². The number of hydrogen-bond acceptors (Lipinski definition) is 18. The van der Waals surface area contributed by atoms with Crippen LogP contribution in [0.4, 0.5) is 28.4 Å². The third-order valence-electron chi connectivity index (χ3n) is 15.9. The summed E-state index contributed by atoms with van der Waals surface area (Å²) >= 11 is -2.95. The van der Waals surface area contributed by atoms with Crippen LogP contribution >= 0.6 is 12.0 Å². The van der Waals surface area contributed by atoms with E-state index in [9.17, 15) is 23.3 Å². The Morgan fingerprint density at radius 3 is 2.00 bits per heavy atom. The molecule has 4 atom stereocenters. The number of aryl methyl sites for hydroxylation is 3. The molecule has 24 nitrogen and oxygen atoms in total. The fourth-order valence-corrected chi connectivity index (χ4v) is 13.6. The quantitative estimate of drug-likeness (QED) is 0.0116. The average Bonchev–Trinajstić information content (AvgIpc) is 1.70. The summed E-state index contributed by atoms with van der Waals surface area (Å²) in [6.45, 7) is 26.2. The SMILES string of the molecule is COOSc1cn2[nH]c(-c3ccc(N4CCCC4)c(NS(=O)Oc4cc(C)ccc4C)c3)nc2c1C(=O)OC1C(C)CC(C)CC1C.[C-]#[N+]c1cn2[nH]c(-c3ccc(N4CCOCC4)c(NS(=O)Oc4cc(C)ccc4OCCCC(=O)OCC)c3)nc2c1C#N. The van der Waals surface area contributed by atoms with E-state index < -0.39 is 28.5 Å². The first-order valence-electron chi connectivity index (χ1n) is 30.1. The van der Waals surface area contributed by atoms with E-state index in [2.05, 4.69) is 60.0 Å². The van der Waals surface area contributed by atoms with E-state index >= 15 is 0 Å². The molecule has 4 aromatic heterocycles. The van der Waals surface area contributed by atoms with Crippen molar-refractivity contribution in [3.05, 3.63) is 124 Å². The number of nitriles is 1. The number of aromatic nitrogens is 6. The number of benzene rings is 4. The minimum Gasteiger partial charge on any atom is -0.490 e. The van der Waals surface area contributed by atoms with Crippen LogP contribution in [-0.4, -0.2) is 115 Å². The van der Waals surface area contributed by atoms with Crippen LogP contribution < -0.4 is 32.3 Å². The van der Waals surface area contributed by atoms with Crippen molar-refractivity contribution in [2.75, 3.05) is 79.0 Å². The molecule has 0 amide bonds. The number of carbonyl (C=O) groups is 2. The van der Waals surface area contributed by atoms with Crippen molar-refractivity contribution >= 4 is 86.2 Å². The van der Waals surface area contributed by atoms with Gasteiger partial charge in [-0.2, -0.15) is 18.0 Å². The minimum absolute atomic E-state index is 0.188. The second kappa shape index (κ2) is 30.0. The molecule has 1 aliphatic carbocycles. The summed E-state index contributed by atoms with van der Waals surface area (Å²) in [6, 6.07) is 24.7. The number of fused-ring (bicyclic) bond motifs is 2. The van der Waals surface area contributed by atoms with Gasteiger partial charge in [-0.3, -0.25) is 29.0 Å². The number of ether oxygens (including phenoxy) is 4. The molecule has 1 saturated carbocycles. The largest absolute Gasteiger partial charge is 0.490 e. The molecule has 8 aromatic rings. The highest BCUT2D eigenvalue weighted by Gasteiger charge is 2.36. The molecular weight excluding hydrogens is 1220 g/mol. The van der Waals surface area contributed by atoms with Gasteiger partial charge in [-0.1, -0.05) is 39.0 Å². The standard InChI is InChI=1S/C34H43N5O6S2.C30H31N7O6S/c1-20-9-10-22(3)28(17-20)44-47(41)37-26-18-25(11-12-27(26)38-13-7-8-14-38)32-35-33-30(29(46-45-42-6)19-39(33)36-32)34(40)43-31-23(4)15-21(2)16-24(31)5;1-4-41-28(38)6-5-13-42-26-10-7-20(2)16-27(26)43-44(39)35-23-17-21(8-9-25(23)36-11-14-40-15-12-36)29-33-30-22(18-31)24(32-3)19-37(30)34-29/h9-12,17-19,21,23-24,31,37H,7-8,13-16H2,1-6H3,(H,35,36);7-10,16-17,19,35H,4-6,11-15H2,1-2H3,(H,33,34). The van der Waals surface area contributed by atoms with Crippen molar-refractivity contribution in [1.82, 2.24) is 29.2 Å². The summed E-state index contributed by atoms with van der Waals surface area (Å²) < 4.78 is 75.3.